The van der Waals surface area contributed by atoms with Crippen molar-refractivity contribution in [2.75, 3.05) is 6.54 Å². The highest BCUT2D eigenvalue weighted by Crippen LogP contribution is 2.21. The highest BCUT2D eigenvalue weighted by Gasteiger charge is 2.19. The first-order valence-corrected chi connectivity index (χ1v) is 5.14. The van der Waals surface area contributed by atoms with Crippen molar-refractivity contribution in [3.63, 3.8) is 0 Å². The average molecular weight is 179 g/mol. The molecule has 2 rings (SSSR count). The minimum absolute atomic E-state index is 0.708. The van der Waals surface area contributed by atoms with Crippen molar-refractivity contribution in [3.05, 3.63) is 17.2 Å². The third kappa shape index (κ3) is 1.37. The van der Waals surface area contributed by atoms with Crippen LogP contribution in [-0.2, 0) is 25.8 Å². The SMILES string of the molecule is CCc1nc(CCN)n2c1CCC2. The minimum Gasteiger partial charge on any atom is -0.332 e. The predicted molar refractivity (Wildman–Crippen MR) is 52.7 cm³/mol. The van der Waals surface area contributed by atoms with E-state index >= 15 is 0 Å². The van der Waals surface area contributed by atoms with Gasteiger partial charge in [0.05, 0.1) is 5.69 Å². The third-order valence-electron chi connectivity index (χ3n) is 2.73. The Kier molecular flexibility index (Phi) is 2.36. The summed E-state index contributed by atoms with van der Waals surface area (Å²) in [5.41, 5.74) is 8.31. The van der Waals surface area contributed by atoms with Crippen LogP contribution < -0.4 is 5.73 Å². The van der Waals surface area contributed by atoms with Gasteiger partial charge < -0.3 is 10.3 Å². The van der Waals surface area contributed by atoms with E-state index < -0.39 is 0 Å². The Morgan fingerprint density at radius 1 is 1.54 bits per heavy atom. The molecule has 1 aliphatic rings. The van der Waals surface area contributed by atoms with Crippen molar-refractivity contribution in [3.8, 4) is 0 Å². The number of rotatable bonds is 3. The highest BCUT2D eigenvalue weighted by atomic mass is 15.1. The highest BCUT2D eigenvalue weighted by molar-refractivity contribution is 5.20. The van der Waals surface area contributed by atoms with Gasteiger partial charge in [0.25, 0.3) is 0 Å². The van der Waals surface area contributed by atoms with Crippen molar-refractivity contribution in [2.45, 2.75) is 39.2 Å². The number of imidazole rings is 1. The first-order valence-electron chi connectivity index (χ1n) is 5.14. The molecule has 72 valence electrons. The Bertz CT molecular complexity index is 301. The zero-order chi connectivity index (χ0) is 9.26. The summed E-state index contributed by atoms with van der Waals surface area (Å²) < 4.78 is 2.37. The van der Waals surface area contributed by atoms with E-state index in [1.54, 1.807) is 0 Å². The van der Waals surface area contributed by atoms with Gasteiger partial charge in [0.2, 0.25) is 0 Å². The zero-order valence-electron chi connectivity index (χ0n) is 8.21. The van der Waals surface area contributed by atoms with E-state index in [9.17, 15) is 0 Å². The number of aromatic nitrogens is 2. The molecule has 3 heteroatoms. The van der Waals surface area contributed by atoms with Crippen LogP contribution >= 0.6 is 0 Å². The largest absolute Gasteiger partial charge is 0.332 e. The topological polar surface area (TPSA) is 43.8 Å². The van der Waals surface area contributed by atoms with Gasteiger partial charge in [0.15, 0.2) is 0 Å². The van der Waals surface area contributed by atoms with Crippen molar-refractivity contribution in [1.82, 2.24) is 9.55 Å². The second-order valence-corrected chi connectivity index (χ2v) is 3.57. The van der Waals surface area contributed by atoms with E-state index in [4.69, 9.17) is 5.73 Å². The van der Waals surface area contributed by atoms with Gasteiger partial charge >= 0.3 is 0 Å². The van der Waals surface area contributed by atoms with Crippen molar-refractivity contribution in [1.29, 1.82) is 0 Å². The molecule has 2 N–H and O–H groups in total. The molecule has 0 saturated heterocycles. The summed E-state index contributed by atoms with van der Waals surface area (Å²) in [4.78, 5) is 4.62. The lowest BCUT2D eigenvalue weighted by Crippen LogP contribution is -2.08. The summed E-state index contributed by atoms with van der Waals surface area (Å²) in [5.74, 6) is 1.20. The maximum atomic E-state index is 5.55. The number of hydrogen-bond donors (Lipinski definition) is 1. The van der Waals surface area contributed by atoms with Gasteiger partial charge in [-0.2, -0.15) is 0 Å². The fourth-order valence-electron chi connectivity index (χ4n) is 2.14. The van der Waals surface area contributed by atoms with Crippen LogP contribution in [0.4, 0.5) is 0 Å². The molecule has 3 nitrogen and oxygen atoms in total. The van der Waals surface area contributed by atoms with E-state index in [2.05, 4.69) is 16.5 Å². The number of fused-ring (bicyclic) bond motifs is 1. The van der Waals surface area contributed by atoms with E-state index in [1.807, 2.05) is 0 Å². The van der Waals surface area contributed by atoms with Gasteiger partial charge in [0, 0.05) is 18.7 Å². The molecule has 0 bridgehead atoms. The average Bonchev–Trinajstić information content (AvgIpc) is 2.68. The molecule has 0 spiro atoms. The molecule has 0 aliphatic carbocycles. The number of nitrogens with zero attached hydrogens (tertiary/aromatic N) is 2. The molecule has 0 unspecified atom stereocenters. The summed E-state index contributed by atoms with van der Waals surface area (Å²) in [5, 5.41) is 0. The van der Waals surface area contributed by atoms with Crippen LogP contribution in [0.3, 0.4) is 0 Å². The fraction of sp³-hybridized carbons (Fsp3) is 0.700. The summed E-state index contributed by atoms with van der Waals surface area (Å²) >= 11 is 0. The van der Waals surface area contributed by atoms with Gasteiger partial charge in [-0.25, -0.2) is 4.98 Å². The van der Waals surface area contributed by atoms with E-state index in [-0.39, 0.29) is 0 Å². The summed E-state index contributed by atoms with van der Waals surface area (Å²) in [7, 11) is 0. The lowest BCUT2D eigenvalue weighted by atomic mass is 10.2. The Morgan fingerprint density at radius 2 is 2.38 bits per heavy atom. The second-order valence-electron chi connectivity index (χ2n) is 3.57. The molecule has 0 aromatic carbocycles. The Morgan fingerprint density at radius 3 is 3.08 bits per heavy atom. The maximum absolute atomic E-state index is 5.55. The molecule has 0 atom stereocenters. The molecule has 1 aromatic heterocycles. The number of aryl methyl sites for hydroxylation is 1. The smallest absolute Gasteiger partial charge is 0.110 e. The molecule has 1 aromatic rings. The van der Waals surface area contributed by atoms with Gasteiger partial charge in [-0.05, 0) is 25.8 Å². The molecule has 13 heavy (non-hydrogen) atoms. The Balaban J connectivity index is 2.36. The van der Waals surface area contributed by atoms with Crippen molar-refractivity contribution in [2.24, 2.45) is 5.73 Å². The van der Waals surface area contributed by atoms with Crippen LogP contribution in [0.5, 0.6) is 0 Å². The molecule has 0 amide bonds. The van der Waals surface area contributed by atoms with Crippen LogP contribution in [0.1, 0.15) is 30.6 Å². The molecular formula is C10H17N3. The van der Waals surface area contributed by atoms with Crippen LogP contribution in [0.25, 0.3) is 0 Å². The van der Waals surface area contributed by atoms with Gasteiger partial charge in [0.1, 0.15) is 5.82 Å². The second kappa shape index (κ2) is 3.50. The maximum Gasteiger partial charge on any atom is 0.110 e. The molecule has 1 aliphatic heterocycles. The Labute approximate surface area is 79.0 Å². The molecule has 0 fully saturated rings. The van der Waals surface area contributed by atoms with Crippen LogP contribution in [0, 0.1) is 0 Å². The lowest BCUT2D eigenvalue weighted by Gasteiger charge is -2.00. The quantitative estimate of drug-likeness (QED) is 0.749. The Hall–Kier alpha value is -0.830. The van der Waals surface area contributed by atoms with Crippen LogP contribution in [0.2, 0.25) is 0 Å². The van der Waals surface area contributed by atoms with Crippen molar-refractivity contribution >= 4 is 0 Å². The van der Waals surface area contributed by atoms with Gasteiger partial charge in [-0.1, -0.05) is 6.92 Å². The fourth-order valence-corrected chi connectivity index (χ4v) is 2.14. The number of hydrogen-bond acceptors (Lipinski definition) is 2. The normalized spacial score (nSPS) is 14.9. The summed E-state index contributed by atoms with van der Waals surface area (Å²) in [6.07, 6.45) is 4.47. The lowest BCUT2D eigenvalue weighted by molar-refractivity contribution is 0.684. The summed E-state index contributed by atoms with van der Waals surface area (Å²) in [6.45, 7) is 4.03. The molecular weight excluding hydrogens is 162 g/mol. The van der Waals surface area contributed by atoms with Crippen LogP contribution in [0.15, 0.2) is 0 Å². The first-order chi connectivity index (χ1) is 6.36. The van der Waals surface area contributed by atoms with Crippen LogP contribution in [-0.4, -0.2) is 16.1 Å². The van der Waals surface area contributed by atoms with Gasteiger partial charge in [-0.15, -0.1) is 0 Å². The van der Waals surface area contributed by atoms with Crippen molar-refractivity contribution < 1.29 is 0 Å². The predicted octanol–water partition coefficient (Wildman–Crippen LogP) is 0.893. The minimum atomic E-state index is 0.708. The first kappa shape index (κ1) is 8.75. The number of nitrogens with two attached hydrogens (primary N) is 1. The molecule has 0 saturated carbocycles. The molecule has 0 radical (unpaired) electrons. The third-order valence-corrected chi connectivity index (χ3v) is 2.73. The zero-order valence-corrected chi connectivity index (χ0v) is 8.21. The van der Waals surface area contributed by atoms with E-state index in [1.165, 1.54) is 30.1 Å². The summed E-state index contributed by atoms with van der Waals surface area (Å²) in [6, 6.07) is 0. The monoisotopic (exact) mass is 179 g/mol. The standard InChI is InChI=1S/C10H17N3/c1-2-8-9-4-3-7-13(9)10(12-8)5-6-11/h2-7,11H2,1H3. The molecule has 2 heterocycles. The van der Waals surface area contributed by atoms with E-state index in [0.717, 1.165) is 19.4 Å². The van der Waals surface area contributed by atoms with E-state index in [0.29, 0.717) is 6.54 Å². The van der Waals surface area contributed by atoms with Gasteiger partial charge in [-0.3, -0.25) is 0 Å².